The quantitative estimate of drug-likeness (QED) is 0.688. The van der Waals surface area contributed by atoms with Crippen molar-refractivity contribution in [2.75, 3.05) is 18.6 Å². The first kappa shape index (κ1) is 14.8. The van der Waals surface area contributed by atoms with Crippen LogP contribution in [0.25, 0.3) is 0 Å². The molecule has 1 rings (SSSR count). The van der Waals surface area contributed by atoms with E-state index in [4.69, 9.17) is 0 Å². The molecule has 100 valence electrons. The van der Waals surface area contributed by atoms with Crippen molar-refractivity contribution in [1.29, 1.82) is 0 Å². The topological polar surface area (TPSA) is 41.1 Å². The summed E-state index contributed by atoms with van der Waals surface area (Å²) in [5, 5.41) is 6.43. The molecule has 1 saturated carbocycles. The van der Waals surface area contributed by atoms with Crippen LogP contribution in [0, 0.1) is 0 Å². The maximum Gasteiger partial charge on any atom is 0.237 e. The van der Waals surface area contributed by atoms with E-state index < -0.39 is 0 Å². The van der Waals surface area contributed by atoms with Crippen LogP contribution in [0.15, 0.2) is 0 Å². The van der Waals surface area contributed by atoms with E-state index in [0.29, 0.717) is 6.04 Å². The number of carbonyl (C=O) groups is 1. The summed E-state index contributed by atoms with van der Waals surface area (Å²) in [5.41, 5.74) is 0. The predicted octanol–water partition coefficient (Wildman–Crippen LogP) is 2.17. The summed E-state index contributed by atoms with van der Waals surface area (Å²) in [5.74, 6) is 1.32. The molecule has 0 spiro atoms. The standard InChI is InChI=1S/C13H26N2OS/c1-11(14-9-6-10-17-2)13(16)15-12-7-4-3-5-8-12/h11-12,14H,3-10H2,1-2H3,(H,15,16). The van der Waals surface area contributed by atoms with Crippen molar-refractivity contribution >= 4 is 17.7 Å². The molecule has 0 radical (unpaired) electrons. The lowest BCUT2D eigenvalue weighted by Gasteiger charge is -2.24. The highest BCUT2D eigenvalue weighted by Crippen LogP contribution is 2.17. The number of nitrogens with one attached hydrogen (secondary N) is 2. The van der Waals surface area contributed by atoms with Gasteiger partial charge in [0.1, 0.15) is 0 Å². The fourth-order valence-electron chi connectivity index (χ4n) is 2.20. The summed E-state index contributed by atoms with van der Waals surface area (Å²) >= 11 is 1.85. The fraction of sp³-hybridized carbons (Fsp3) is 0.923. The minimum absolute atomic E-state index is 0.0567. The highest BCUT2D eigenvalue weighted by atomic mass is 32.2. The van der Waals surface area contributed by atoms with Gasteiger partial charge in [0.15, 0.2) is 0 Å². The van der Waals surface area contributed by atoms with E-state index in [2.05, 4.69) is 16.9 Å². The van der Waals surface area contributed by atoms with Crippen LogP contribution in [0.1, 0.15) is 45.4 Å². The molecular weight excluding hydrogens is 232 g/mol. The second kappa shape index (κ2) is 8.81. The average Bonchev–Trinajstić information content (AvgIpc) is 2.35. The minimum atomic E-state index is -0.0567. The summed E-state index contributed by atoms with van der Waals surface area (Å²) < 4.78 is 0. The van der Waals surface area contributed by atoms with Crippen LogP contribution in [0.2, 0.25) is 0 Å². The largest absolute Gasteiger partial charge is 0.352 e. The average molecular weight is 258 g/mol. The van der Waals surface area contributed by atoms with Gasteiger partial charge in [-0.1, -0.05) is 19.3 Å². The second-order valence-electron chi connectivity index (χ2n) is 4.87. The van der Waals surface area contributed by atoms with Crippen LogP contribution in [0.3, 0.4) is 0 Å². The third-order valence-electron chi connectivity index (χ3n) is 3.32. The smallest absolute Gasteiger partial charge is 0.237 e. The van der Waals surface area contributed by atoms with Crippen LogP contribution in [-0.2, 0) is 4.79 Å². The molecule has 0 heterocycles. The van der Waals surface area contributed by atoms with Gasteiger partial charge in [0.05, 0.1) is 6.04 Å². The van der Waals surface area contributed by atoms with Crippen molar-refractivity contribution in [3.05, 3.63) is 0 Å². The lowest BCUT2D eigenvalue weighted by atomic mass is 9.95. The number of thioether (sulfide) groups is 1. The Balaban J connectivity index is 2.12. The van der Waals surface area contributed by atoms with Crippen LogP contribution in [0.5, 0.6) is 0 Å². The molecule has 1 unspecified atom stereocenters. The Morgan fingerprint density at radius 1 is 1.35 bits per heavy atom. The van der Waals surface area contributed by atoms with Crippen LogP contribution in [-0.4, -0.2) is 36.5 Å². The molecule has 0 aromatic rings. The molecule has 2 N–H and O–H groups in total. The summed E-state index contributed by atoms with van der Waals surface area (Å²) in [6.07, 6.45) is 9.41. The fourth-order valence-corrected chi connectivity index (χ4v) is 2.63. The Morgan fingerprint density at radius 3 is 2.71 bits per heavy atom. The molecule has 1 amide bonds. The number of amides is 1. The Bertz CT molecular complexity index is 217. The Labute approximate surface area is 109 Å². The van der Waals surface area contributed by atoms with Gasteiger partial charge in [-0.05, 0) is 44.7 Å². The molecular formula is C13H26N2OS. The van der Waals surface area contributed by atoms with Gasteiger partial charge >= 0.3 is 0 Å². The van der Waals surface area contributed by atoms with E-state index >= 15 is 0 Å². The number of carbonyl (C=O) groups excluding carboxylic acids is 1. The van der Waals surface area contributed by atoms with Gasteiger partial charge in [-0.25, -0.2) is 0 Å². The first-order valence-electron chi connectivity index (χ1n) is 6.76. The van der Waals surface area contributed by atoms with Crippen LogP contribution in [0.4, 0.5) is 0 Å². The third-order valence-corrected chi connectivity index (χ3v) is 4.02. The van der Waals surface area contributed by atoms with Crippen molar-refractivity contribution in [1.82, 2.24) is 10.6 Å². The van der Waals surface area contributed by atoms with Gasteiger partial charge < -0.3 is 10.6 Å². The summed E-state index contributed by atoms with van der Waals surface area (Å²) in [6, 6.07) is 0.366. The zero-order chi connectivity index (χ0) is 12.5. The molecule has 1 aliphatic carbocycles. The van der Waals surface area contributed by atoms with E-state index in [1.807, 2.05) is 18.7 Å². The van der Waals surface area contributed by atoms with E-state index in [0.717, 1.165) is 31.6 Å². The molecule has 4 heteroatoms. The highest BCUT2D eigenvalue weighted by molar-refractivity contribution is 7.98. The SMILES string of the molecule is CSCCCNC(C)C(=O)NC1CCCCC1. The second-order valence-corrected chi connectivity index (χ2v) is 5.85. The summed E-state index contributed by atoms with van der Waals surface area (Å²) in [7, 11) is 0. The van der Waals surface area contributed by atoms with Gasteiger partial charge in [0, 0.05) is 6.04 Å². The number of hydrogen-bond acceptors (Lipinski definition) is 3. The lowest BCUT2D eigenvalue weighted by molar-refractivity contribution is -0.123. The van der Waals surface area contributed by atoms with E-state index in [-0.39, 0.29) is 11.9 Å². The normalized spacial score (nSPS) is 18.9. The first-order valence-corrected chi connectivity index (χ1v) is 8.16. The van der Waals surface area contributed by atoms with E-state index in [1.165, 1.54) is 19.3 Å². The van der Waals surface area contributed by atoms with Gasteiger partial charge in [-0.15, -0.1) is 0 Å². The summed E-state index contributed by atoms with van der Waals surface area (Å²) in [4.78, 5) is 11.9. The van der Waals surface area contributed by atoms with Gasteiger partial charge in [0.2, 0.25) is 5.91 Å². The molecule has 1 atom stereocenters. The predicted molar refractivity (Wildman–Crippen MR) is 75.5 cm³/mol. The number of rotatable bonds is 7. The Hall–Kier alpha value is -0.220. The molecule has 0 aromatic carbocycles. The molecule has 0 saturated heterocycles. The van der Waals surface area contributed by atoms with Crippen molar-refractivity contribution < 1.29 is 4.79 Å². The third kappa shape index (κ3) is 6.32. The molecule has 1 fully saturated rings. The van der Waals surface area contributed by atoms with E-state index in [9.17, 15) is 4.79 Å². The van der Waals surface area contributed by atoms with Crippen molar-refractivity contribution in [2.24, 2.45) is 0 Å². The monoisotopic (exact) mass is 258 g/mol. The molecule has 0 aliphatic heterocycles. The maximum absolute atomic E-state index is 11.9. The van der Waals surface area contributed by atoms with Crippen molar-refractivity contribution in [3.8, 4) is 0 Å². The molecule has 3 nitrogen and oxygen atoms in total. The van der Waals surface area contributed by atoms with Crippen molar-refractivity contribution in [3.63, 3.8) is 0 Å². The maximum atomic E-state index is 11.9. The zero-order valence-corrected chi connectivity index (χ0v) is 11.9. The Kier molecular flexibility index (Phi) is 7.69. The van der Waals surface area contributed by atoms with Gasteiger partial charge in [-0.2, -0.15) is 11.8 Å². The van der Waals surface area contributed by atoms with E-state index in [1.54, 1.807) is 0 Å². The molecule has 17 heavy (non-hydrogen) atoms. The molecule has 1 aliphatic rings. The van der Waals surface area contributed by atoms with Gasteiger partial charge in [-0.3, -0.25) is 4.79 Å². The van der Waals surface area contributed by atoms with Crippen LogP contribution >= 0.6 is 11.8 Å². The summed E-state index contributed by atoms with van der Waals surface area (Å²) in [6.45, 7) is 2.89. The zero-order valence-electron chi connectivity index (χ0n) is 11.1. The van der Waals surface area contributed by atoms with Crippen molar-refractivity contribution in [2.45, 2.75) is 57.5 Å². The van der Waals surface area contributed by atoms with Crippen LogP contribution < -0.4 is 10.6 Å². The lowest BCUT2D eigenvalue weighted by Crippen LogP contribution is -2.47. The van der Waals surface area contributed by atoms with Gasteiger partial charge in [0.25, 0.3) is 0 Å². The number of hydrogen-bond donors (Lipinski definition) is 2. The molecule has 0 aromatic heterocycles. The highest BCUT2D eigenvalue weighted by Gasteiger charge is 2.18. The molecule has 0 bridgehead atoms. The first-order chi connectivity index (χ1) is 8.24. The Morgan fingerprint density at radius 2 is 2.06 bits per heavy atom. The minimum Gasteiger partial charge on any atom is -0.352 e.